The van der Waals surface area contributed by atoms with Gasteiger partial charge in [-0.15, -0.1) is 0 Å². The molecule has 0 spiro atoms. The maximum atomic E-state index is 13.8. The van der Waals surface area contributed by atoms with Crippen molar-refractivity contribution in [3.8, 4) is 22.8 Å². The van der Waals surface area contributed by atoms with Gasteiger partial charge in [0.2, 0.25) is 0 Å². The molecule has 0 radical (unpaired) electrons. The van der Waals surface area contributed by atoms with Crippen LogP contribution in [0.25, 0.3) is 22.2 Å². The zero-order chi connectivity index (χ0) is 28.4. The summed E-state index contributed by atoms with van der Waals surface area (Å²) < 4.78 is 25.2. The molecule has 5 rings (SSSR count). The van der Waals surface area contributed by atoms with E-state index in [0.717, 1.165) is 23.2 Å². The lowest BCUT2D eigenvalue weighted by atomic mass is 10.1. The Kier molecular flexibility index (Phi) is 10.6. The number of aromatic amines is 1. The molecular formula is C31H37FN4O3. The van der Waals surface area contributed by atoms with Crippen LogP contribution in [0.1, 0.15) is 44.6 Å². The Morgan fingerprint density at radius 2 is 1.85 bits per heavy atom. The van der Waals surface area contributed by atoms with Crippen LogP contribution in [0, 0.1) is 18.7 Å². The summed E-state index contributed by atoms with van der Waals surface area (Å²) in [6, 6.07) is 12.0. The van der Waals surface area contributed by atoms with Gasteiger partial charge in [0, 0.05) is 36.7 Å². The van der Waals surface area contributed by atoms with E-state index in [4.69, 9.17) is 9.47 Å². The maximum absolute atomic E-state index is 13.8. The van der Waals surface area contributed by atoms with Crippen LogP contribution in [0.5, 0.6) is 11.5 Å². The highest BCUT2D eigenvalue weighted by molar-refractivity contribution is 5.81. The second-order valence-corrected chi connectivity index (χ2v) is 8.62. The zero-order valence-electron chi connectivity index (χ0n) is 23.5. The predicted octanol–water partition coefficient (Wildman–Crippen LogP) is 6.20. The highest BCUT2D eigenvalue weighted by Crippen LogP contribution is 2.31. The molecule has 1 atom stereocenters. The molecule has 4 aromatic rings. The third-order valence-corrected chi connectivity index (χ3v) is 5.89. The van der Waals surface area contributed by atoms with Crippen LogP contribution in [0.3, 0.4) is 0 Å². The summed E-state index contributed by atoms with van der Waals surface area (Å²) in [7, 11) is 1.54. The molecule has 3 heterocycles. The summed E-state index contributed by atoms with van der Waals surface area (Å²) in [5.74, 6) is 1.52. The van der Waals surface area contributed by atoms with Gasteiger partial charge in [0.25, 0.3) is 5.56 Å². The van der Waals surface area contributed by atoms with E-state index in [0.29, 0.717) is 46.9 Å². The van der Waals surface area contributed by atoms with Crippen molar-refractivity contribution in [2.45, 2.75) is 41.0 Å². The lowest BCUT2D eigenvalue weighted by Gasteiger charge is -2.14. The number of ether oxygens (including phenoxy) is 2. The average Bonchev–Trinajstić information content (AvgIpc) is 3.47. The van der Waals surface area contributed by atoms with E-state index in [-0.39, 0.29) is 17.3 Å². The van der Waals surface area contributed by atoms with Crippen molar-refractivity contribution in [1.29, 1.82) is 0 Å². The third kappa shape index (κ3) is 7.44. The van der Waals surface area contributed by atoms with Crippen molar-refractivity contribution in [2.24, 2.45) is 5.92 Å². The minimum Gasteiger partial charge on any atom is -0.493 e. The lowest BCUT2D eigenvalue weighted by Crippen LogP contribution is -2.17. The molecule has 39 heavy (non-hydrogen) atoms. The van der Waals surface area contributed by atoms with Crippen molar-refractivity contribution >= 4 is 10.9 Å². The zero-order valence-corrected chi connectivity index (χ0v) is 23.5. The summed E-state index contributed by atoms with van der Waals surface area (Å²) in [5, 5.41) is 3.58. The third-order valence-electron chi connectivity index (χ3n) is 5.89. The minimum atomic E-state index is -0.292. The highest BCUT2D eigenvalue weighted by atomic mass is 19.1. The summed E-state index contributed by atoms with van der Waals surface area (Å²) in [6.07, 6.45) is 6.08. The topological polar surface area (TPSA) is 89.1 Å². The first-order chi connectivity index (χ1) is 19.0. The van der Waals surface area contributed by atoms with Crippen molar-refractivity contribution in [1.82, 2.24) is 20.3 Å². The van der Waals surface area contributed by atoms with Crippen LogP contribution in [-0.2, 0) is 6.42 Å². The molecule has 0 aliphatic carbocycles. The van der Waals surface area contributed by atoms with E-state index < -0.39 is 0 Å². The molecule has 2 aromatic heterocycles. The van der Waals surface area contributed by atoms with Gasteiger partial charge in [0.15, 0.2) is 11.5 Å². The first-order valence-corrected chi connectivity index (χ1v) is 13.3. The van der Waals surface area contributed by atoms with Gasteiger partial charge in [-0.2, -0.15) is 0 Å². The van der Waals surface area contributed by atoms with Crippen LogP contribution >= 0.6 is 0 Å². The second kappa shape index (κ2) is 14.1. The van der Waals surface area contributed by atoms with Crippen molar-refractivity contribution in [3.63, 3.8) is 0 Å². The van der Waals surface area contributed by atoms with Gasteiger partial charge in [-0.1, -0.05) is 39.8 Å². The molecule has 0 saturated heterocycles. The van der Waals surface area contributed by atoms with E-state index in [1.807, 2.05) is 59.0 Å². The Morgan fingerprint density at radius 1 is 1.05 bits per heavy atom. The number of halogens is 1. The van der Waals surface area contributed by atoms with Gasteiger partial charge in [0.1, 0.15) is 11.6 Å². The number of H-pyrrole nitrogens is 1. The molecule has 1 aliphatic rings. The van der Waals surface area contributed by atoms with Crippen LogP contribution in [0.15, 0.2) is 65.7 Å². The van der Waals surface area contributed by atoms with Gasteiger partial charge in [-0.05, 0) is 54.6 Å². The molecule has 206 valence electrons. The Morgan fingerprint density at radius 3 is 2.49 bits per heavy atom. The van der Waals surface area contributed by atoms with Crippen LogP contribution in [0.4, 0.5) is 4.39 Å². The largest absolute Gasteiger partial charge is 0.493 e. The molecule has 0 saturated carbocycles. The number of benzene rings is 2. The molecule has 0 fully saturated rings. The van der Waals surface area contributed by atoms with Gasteiger partial charge in [-0.25, -0.2) is 9.37 Å². The smallest absolute Gasteiger partial charge is 0.258 e. The van der Waals surface area contributed by atoms with Crippen molar-refractivity contribution < 1.29 is 13.9 Å². The summed E-state index contributed by atoms with van der Waals surface area (Å²) in [6.45, 7) is 11.2. The van der Waals surface area contributed by atoms with E-state index in [9.17, 15) is 9.18 Å². The Labute approximate surface area is 229 Å². The fourth-order valence-corrected chi connectivity index (χ4v) is 4.13. The number of fused-ring (bicyclic) bond motifs is 1. The summed E-state index contributed by atoms with van der Waals surface area (Å²) in [4.78, 5) is 24.8. The van der Waals surface area contributed by atoms with Crippen LogP contribution < -0.4 is 20.3 Å². The SMILES string of the molecule is CC.CC.COc1cc2c(=O)[nH]c(Cc3ccc(-c4cc(C)cc(F)c4)nc3)nc2cc1OCC1C=CNC1. The number of rotatable bonds is 7. The molecule has 1 aliphatic heterocycles. The Hall–Kier alpha value is -4.20. The Bertz CT molecular complexity index is 1450. The number of nitrogens with zero attached hydrogens (tertiary/aromatic N) is 2. The van der Waals surface area contributed by atoms with Crippen LogP contribution in [0.2, 0.25) is 0 Å². The van der Waals surface area contributed by atoms with E-state index in [1.165, 1.54) is 12.1 Å². The standard InChI is InChI=1S/C27H25FN4O3.2C2H6/c1-16-7-19(10-20(28)8-16)22-4-3-17(14-30-22)9-26-31-23-12-25(35-15-18-5-6-29-13-18)24(34-2)11-21(23)27(33)32-26;2*1-2/h3-8,10-12,14,18,29H,9,13,15H2,1-2H3,(H,31,32,33);2*1-2H3. The molecule has 1 unspecified atom stereocenters. The number of methoxy groups -OCH3 is 1. The number of nitrogens with one attached hydrogen (secondary N) is 2. The van der Waals surface area contributed by atoms with Crippen LogP contribution in [-0.4, -0.2) is 35.2 Å². The quantitative estimate of drug-likeness (QED) is 0.295. The number of hydrogen-bond acceptors (Lipinski definition) is 6. The van der Waals surface area contributed by atoms with Gasteiger partial charge >= 0.3 is 0 Å². The average molecular weight is 533 g/mol. The normalized spacial score (nSPS) is 13.6. The number of hydrogen-bond donors (Lipinski definition) is 2. The fraction of sp³-hybridized carbons (Fsp3) is 0.323. The van der Waals surface area contributed by atoms with Gasteiger partial charge in [-0.3, -0.25) is 9.78 Å². The molecule has 7 nitrogen and oxygen atoms in total. The van der Waals surface area contributed by atoms with Crippen molar-refractivity contribution in [3.05, 3.63) is 94.1 Å². The number of aryl methyl sites for hydroxylation is 1. The molecular weight excluding hydrogens is 495 g/mol. The van der Waals surface area contributed by atoms with Gasteiger partial charge < -0.3 is 19.8 Å². The monoisotopic (exact) mass is 532 g/mol. The molecule has 2 aromatic carbocycles. The predicted molar refractivity (Wildman–Crippen MR) is 155 cm³/mol. The van der Waals surface area contributed by atoms with Gasteiger partial charge in [0.05, 0.1) is 30.3 Å². The minimum absolute atomic E-state index is 0.252. The van der Waals surface area contributed by atoms with Crippen molar-refractivity contribution in [2.75, 3.05) is 20.3 Å². The summed E-state index contributed by atoms with van der Waals surface area (Å²) >= 11 is 0. The maximum Gasteiger partial charge on any atom is 0.258 e. The Balaban J connectivity index is 0.00000100. The number of pyridine rings is 1. The second-order valence-electron chi connectivity index (χ2n) is 8.62. The van der Waals surface area contributed by atoms with E-state index in [1.54, 1.807) is 25.4 Å². The lowest BCUT2D eigenvalue weighted by molar-refractivity contribution is 0.265. The molecule has 2 N–H and O–H groups in total. The molecule has 0 bridgehead atoms. The molecule has 0 amide bonds. The van der Waals surface area contributed by atoms with E-state index >= 15 is 0 Å². The molecule has 8 heteroatoms. The highest BCUT2D eigenvalue weighted by Gasteiger charge is 2.15. The first-order valence-electron chi connectivity index (χ1n) is 13.3. The van der Waals surface area contributed by atoms with E-state index in [2.05, 4.69) is 26.3 Å². The first kappa shape index (κ1) is 29.4. The number of aromatic nitrogens is 3. The summed E-state index contributed by atoms with van der Waals surface area (Å²) in [5.41, 5.74) is 3.38. The fourth-order valence-electron chi connectivity index (χ4n) is 4.13.